The second-order valence-electron chi connectivity index (χ2n) is 2.29. The molecule has 2 heteroatoms. The van der Waals surface area contributed by atoms with Gasteiger partial charge in [-0.15, -0.1) is 12.4 Å². The quantitative estimate of drug-likeness (QED) is 0.615. The lowest BCUT2D eigenvalue weighted by Gasteiger charge is -1.97. The van der Waals surface area contributed by atoms with Crippen molar-refractivity contribution in [2.75, 3.05) is 0 Å². The van der Waals surface area contributed by atoms with E-state index >= 15 is 0 Å². The lowest BCUT2D eigenvalue weighted by Crippen LogP contribution is -1.75. The second-order valence-corrected chi connectivity index (χ2v) is 2.29. The monoisotopic (exact) mass is 158 g/mol. The fraction of sp³-hybridized carbons (Fsp3) is 0.250. The highest BCUT2D eigenvalue weighted by Gasteiger charge is 1.91. The Morgan fingerprint density at radius 2 is 1.80 bits per heavy atom. The minimum absolute atomic E-state index is 0. The normalized spacial score (nSPS) is 8.60. The number of benzene rings is 1. The second kappa shape index (κ2) is 3.47. The van der Waals surface area contributed by atoms with Gasteiger partial charge in [0.15, 0.2) is 0 Å². The van der Waals surface area contributed by atoms with Crippen LogP contribution in [-0.2, 0) is 0 Å². The molecule has 0 amide bonds. The van der Waals surface area contributed by atoms with Crippen LogP contribution in [-0.4, -0.2) is 5.11 Å². The molecule has 1 rings (SSSR count). The van der Waals surface area contributed by atoms with Crippen LogP contribution in [0.3, 0.4) is 0 Å². The first kappa shape index (κ1) is 9.31. The number of phenolic OH excluding ortho intramolecular Hbond substituents is 1. The molecule has 10 heavy (non-hydrogen) atoms. The van der Waals surface area contributed by atoms with Crippen LogP contribution in [0.25, 0.3) is 0 Å². The number of halogens is 1. The van der Waals surface area contributed by atoms with E-state index in [2.05, 4.69) is 0 Å². The zero-order valence-corrected chi connectivity index (χ0v) is 6.90. The Bertz CT molecular complexity index is 220. The third-order valence-electron chi connectivity index (χ3n) is 1.35. The molecule has 0 heterocycles. The van der Waals surface area contributed by atoms with E-state index in [0.717, 1.165) is 5.56 Å². The fourth-order valence-corrected chi connectivity index (χ4v) is 0.805. The summed E-state index contributed by atoms with van der Waals surface area (Å²) < 4.78 is 0. The van der Waals surface area contributed by atoms with Crippen LogP contribution in [0.5, 0.6) is 5.75 Å². The lowest BCUT2D eigenvalue weighted by atomic mass is 10.1. The maximum atomic E-state index is 9.04. The summed E-state index contributed by atoms with van der Waals surface area (Å²) in [5.74, 6) is 0.376. The minimum Gasteiger partial charge on any atom is -0.508 e. The first-order chi connectivity index (χ1) is 4.20. The summed E-state index contributed by atoms with van der Waals surface area (Å²) in [6, 6.07) is 5.56. The van der Waals surface area contributed by atoms with Crippen molar-refractivity contribution in [3.05, 3.63) is 29.3 Å². The van der Waals surface area contributed by atoms with Gasteiger partial charge < -0.3 is 5.11 Å². The van der Waals surface area contributed by atoms with Gasteiger partial charge in [0.05, 0.1) is 0 Å². The molecule has 1 nitrogen and oxygen atoms in total. The number of hydrogen-bond donors (Lipinski definition) is 1. The van der Waals surface area contributed by atoms with Crippen LogP contribution in [0, 0.1) is 13.8 Å². The molecule has 1 N–H and O–H groups in total. The largest absolute Gasteiger partial charge is 0.508 e. The summed E-state index contributed by atoms with van der Waals surface area (Å²) in [6.07, 6.45) is 0. The van der Waals surface area contributed by atoms with Crippen molar-refractivity contribution in [3.63, 3.8) is 0 Å². The summed E-state index contributed by atoms with van der Waals surface area (Å²) in [5.41, 5.74) is 2.13. The Morgan fingerprint density at radius 3 is 2.20 bits per heavy atom. The van der Waals surface area contributed by atoms with E-state index in [0.29, 0.717) is 5.75 Å². The number of rotatable bonds is 0. The van der Waals surface area contributed by atoms with Crippen LogP contribution in [0.2, 0.25) is 0 Å². The Morgan fingerprint density at radius 1 is 1.20 bits per heavy atom. The van der Waals surface area contributed by atoms with Crippen molar-refractivity contribution in [1.29, 1.82) is 0 Å². The molecular formula is C8H11ClO. The molecule has 0 fully saturated rings. The van der Waals surface area contributed by atoms with Gasteiger partial charge in [-0.3, -0.25) is 0 Å². The topological polar surface area (TPSA) is 20.2 Å². The van der Waals surface area contributed by atoms with Gasteiger partial charge in [0, 0.05) is 0 Å². The van der Waals surface area contributed by atoms with Gasteiger partial charge in [-0.2, -0.15) is 0 Å². The molecular weight excluding hydrogens is 148 g/mol. The van der Waals surface area contributed by atoms with Gasteiger partial charge in [0.2, 0.25) is 0 Å². The van der Waals surface area contributed by atoms with Crippen LogP contribution < -0.4 is 0 Å². The number of aryl methyl sites for hydroxylation is 2. The van der Waals surface area contributed by atoms with Crippen molar-refractivity contribution in [1.82, 2.24) is 0 Å². The zero-order valence-electron chi connectivity index (χ0n) is 6.09. The van der Waals surface area contributed by atoms with Crippen molar-refractivity contribution in [2.45, 2.75) is 13.8 Å². The molecule has 0 radical (unpaired) electrons. The summed E-state index contributed by atoms with van der Waals surface area (Å²) in [4.78, 5) is 0. The molecule has 56 valence electrons. The van der Waals surface area contributed by atoms with E-state index in [1.807, 2.05) is 26.0 Å². The molecule has 0 aliphatic rings. The number of phenols is 1. The highest BCUT2D eigenvalue weighted by atomic mass is 35.5. The summed E-state index contributed by atoms with van der Waals surface area (Å²) >= 11 is 0. The number of aromatic hydroxyl groups is 1. The van der Waals surface area contributed by atoms with Crippen LogP contribution in [0.4, 0.5) is 0 Å². The Labute approximate surface area is 67.1 Å². The van der Waals surface area contributed by atoms with E-state index in [4.69, 9.17) is 5.11 Å². The molecule has 0 atom stereocenters. The fourth-order valence-electron chi connectivity index (χ4n) is 0.805. The summed E-state index contributed by atoms with van der Waals surface area (Å²) in [7, 11) is 0. The van der Waals surface area contributed by atoms with Crippen LogP contribution >= 0.6 is 12.4 Å². The summed E-state index contributed by atoms with van der Waals surface area (Å²) in [6.45, 7) is 3.90. The minimum atomic E-state index is 0. The third kappa shape index (κ3) is 1.92. The molecule has 0 saturated carbocycles. The van der Waals surface area contributed by atoms with Crippen molar-refractivity contribution >= 4 is 12.4 Å². The molecule has 0 aliphatic carbocycles. The van der Waals surface area contributed by atoms with Gasteiger partial charge >= 0.3 is 0 Å². The smallest absolute Gasteiger partial charge is 0.118 e. The predicted molar refractivity (Wildman–Crippen MR) is 44.8 cm³/mol. The van der Waals surface area contributed by atoms with E-state index < -0.39 is 0 Å². The maximum absolute atomic E-state index is 9.04. The standard InChI is InChI=1S/C8H10O.ClH/c1-6-3-4-8(9)7(2)5-6;/h3-5,9H,1-2H3;1H. The third-order valence-corrected chi connectivity index (χ3v) is 1.35. The SMILES string of the molecule is Cc1ccc(O)c(C)c1.Cl. The molecule has 1 aromatic carbocycles. The molecule has 0 aliphatic heterocycles. The van der Waals surface area contributed by atoms with E-state index in [9.17, 15) is 0 Å². The maximum Gasteiger partial charge on any atom is 0.118 e. The van der Waals surface area contributed by atoms with E-state index in [1.165, 1.54) is 5.56 Å². The molecule has 0 saturated heterocycles. The molecule has 0 unspecified atom stereocenters. The van der Waals surface area contributed by atoms with Gasteiger partial charge in [-0.1, -0.05) is 17.7 Å². The summed E-state index contributed by atoms with van der Waals surface area (Å²) in [5, 5.41) is 9.04. The van der Waals surface area contributed by atoms with Gasteiger partial charge in [0.1, 0.15) is 5.75 Å². The van der Waals surface area contributed by atoms with Crippen LogP contribution in [0.15, 0.2) is 18.2 Å². The first-order valence-electron chi connectivity index (χ1n) is 2.96. The molecule has 0 bridgehead atoms. The Kier molecular flexibility index (Phi) is 3.23. The Hall–Kier alpha value is -0.690. The predicted octanol–water partition coefficient (Wildman–Crippen LogP) is 2.43. The lowest BCUT2D eigenvalue weighted by molar-refractivity contribution is 0.471. The number of hydrogen-bond acceptors (Lipinski definition) is 1. The first-order valence-corrected chi connectivity index (χ1v) is 2.96. The molecule has 0 spiro atoms. The van der Waals surface area contributed by atoms with Gasteiger partial charge in [0.25, 0.3) is 0 Å². The van der Waals surface area contributed by atoms with Crippen LogP contribution in [0.1, 0.15) is 11.1 Å². The van der Waals surface area contributed by atoms with E-state index in [1.54, 1.807) is 6.07 Å². The van der Waals surface area contributed by atoms with Gasteiger partial charge in [-0.25, -0.2) is 0 Å². The Balaban J connectivity index is 0.000000810. The molecule has 1 aromatic rings. The van der Waals surface area contributed by atoms with Crippen molar-refractivity contribution in [2.24, 2.45) is 0 Å². The highest BCUT2D eigenvalue weighted by Crippen LogP contribution is 2.15. The van der Waals surface area contributed by atoms with E-state index in [-0.39, 0.29) is 12.4 Å². The highest BCUT2D eigenvalue weighted by molar-refractivity contribution is 5.85. The van der Waals surface area contributed by atoms with Crippen molar-refractivity contribution in [3.8, 4) is 5.75 Å². The molecule has 0 aromatic heterocycles. The average molecular weight is 159 g/mol. The zero-order chi connectivity index (χ0) is 6.85. The average Bonchev–Trinajstić information content (AvgIpc) is 1.80. The van der Waals surface area contributed by atoms with Gasteiger partial charge in [-0.05, 0) is 25.5 Å². The van der Waals surface area contributed by atoms with Crippen molar-refractivity contribution < 1.29 is 5.11 Å².